The lowest BCUT2D eigenvalue weighted by atomic mass is 9.78. The molecule has 0 spiro atoms. The molecule has 1 heterocycles. The summed E-state index contributed by atoms with van der Waals surface area (Å²) in [5.74, 6) is -0.216. The molecule has 28 heavy (non-hydrogen) atoms. The van der Waals surface area contributed by atoms with Gasteiger partial charge < -0.3 is 20.7 Å². The van der Waals surface area contributed by atoms with Crippen molar-refractivity contribution in [3.05, 3.63) is 59.7 Å². The van der Waals surface area contributed by atoms with E-state index in [0.29, 0.717) is 23.5 Å². The number of rotatable bonds is 6. The third kappa shape index (κ3) is 4.40. The molecule has 148 valence electrons. The van der Waals surface area contributed by atoms with Crippen LogP contribution in [0.3, 0.4) is 0 Å². The van der Waals surface area contributed by atoms with Crippen LogP contribution in [0.2, 0.25) is 0 Å². The highest BCUT2D eigenvalue weighted by Crippen LogP contribution is 2.32. The van der Waals surface area contributed by atoms with Gasteiger partial charge in [-0.25, -0.2) is 0 Å². The summed E-state index contributed by atoms with van der Waals surface area (Å²) in [4.78, 5) is 25.5. The fourth-order valence-corrected chi connectivity index (χ4v) is 3.56. The first-order valence-corrected chi connectivity index (χ1v) is 9.53. The zero-order valence-corrected chi connectivity index (χ0v) is 16.4. The summed E-state index contributed by atoms with van der Waals surface area (Å²) in [6.07, 6.45) is 1.46. The summed E-state index contributed by atoms with van der Waals surface area (Å²) in [6, 6.07) is 14.6. The molecule has 6 nitrogen and oxygen atoms in total. The lowest BCUT2D eigenvalue weighted by Crippen LogP contribution is -2.47. The molecule has 0 aromatic heterocycles. The van der Waals surface area contributed by atoms with E-state index in [0.717, 1.165) is 31.5 Å². The van der Waals surface area contributed by atoms with Crippen LogP contribution in [-0.4, -0.2) is 38.6 Å². The second-order valence-corrected chi connectivity index (χ2v) is 7.22. The topological polar surface area (TPSA) is 79.5 Å². The van der Waals surface area contributed by atoms with Crippen LogP contribution in [0.4, 0.5) is 11.4 Å². The number of piperidine rings is 1. The van der Waals surface area contributed by atoms with Crippen LogP contribution in [0, 0.1) is 12.3 Å². The maximum absolute atomic E-state index is 13.1. The van der Waals surface area contributed by atoms with Gasteiger partial charge in [0.15, 0.2) is 0 Å². The van der Waals surface area contributed by atoms with Gasteiger partial charge in [0, 0.05) is 24.0 Å². The number of nitrogens with one attached hydrogen (secondary N) is 3. The number of hydrogen-bond acceptors (Lipinski definition) is 4. The van der Waals surface area contributed by atoms with Crippen LogP contribution in [-0.2, 0) is 9.53 Å². The van der Waals surface area contributed by atoms with E-state index in [1.807, 2.05) is 43.3 Å². The third-order valence-electron chi connectivity index (χ3n) is 5.33. The molecule has 3 N–H and O–H groups in total. The minimum atomic E-state index is -0.532. The molecular formula is C22H27N3O3. The van der Waals surface area contributed by atoms with E-state index in [-0.39, 0.29) is 11.8 Å². The van der Waals surface area contributed by atoms with Gasteiger partial charge in [-0.05, 0) is 62.7 Å². The number of amides is 2. The second kappa shape index (κ2) is 8.99. The van der Waals surface area contributed by atoms with E-state index in [9.17, 15) is 9.59 Å². The van der Waals surface area contributed by atoms with Crippen LogP contribution in [0.5, 0.6) is 0 Å². The minimum Gasteiger partial charge on any atom is -0.384 e. The average molecular weight is 381 g/mol. The molecule has 0 unspecified atom stereocenters. The Bertz CT molecular complexity index is 825. The van der Waals surface area contributed by atoms with Crippen molar-refractivity contribution in [3.63, 3.8) is 0 Å². The highest BCUT2D eigenvalue weighted by Gasteiger charge is 2.39. The molecule has 6 heteroatoms. The Hall–Kier alpha value is -2.70. The third-order valence-corrected chi connectivity index (χ3v) is 5.33. The van der Waals surface area contributed by atoms with Crippen molar-refractivity contribution >= 4 is 23.2 Å². The number of anilines is 2. The van der Waals surface area contributed by atoms with Gasteiger partial charge >= 0.3 is 0 Å². The highest BCUT2D eigenvalue weighted by atomic mass is 16.5. The van der Waals surface area contributed by atoms with Gasteiger partial charge in [0.25, 0.3) is 5.91 Å². The SMILES string of the molecule is COCC1(C(=O)Nc2cccc(NC(=O)c3ccccc3)c2C)CCNCC1. The first-order chi connectivity index (χ1) is 13.6. The first-order valence-electron chi connectivity index (χ1n) is 9.53. The molecule has 0 atom stereocenters. The Balaban J connectivity index is 1.77. The number of ether oxygens (including phenoxy) is 1. The second-order valence-electron chi connectivity index (χ2n) is 7.22. The summed E-state index contributed by atoms with van der Waals surface area (Å²) in [5, 5.41) is 9.28. The van der Waals surface area contributed by atoms with Crippen molar-refractivity contribution in [3.8, 4) is 0 Å². The van der Waals surface area contributed by atoms with Gasteiger partial charge in [-0.3, -0.25) is 9.59 Å². The zero-order chi connectivity index (χ0) is 20.0. The van der Waals surface area contributed by atoms with Gasteiger partial charge in [-0.15, -0.1) is 0 Å². The van der Waals surface area contributed by atoms with Gasteiger partial charge in [0.1, 0.15) is 0 Å². The molecule has 1 aliphatic heterocycles. The monoisotopic (exact) mass is 381 g/mol. The molecule has 1 aliphatic rings. The van der Waals surface area contributed by atoms with Crippen LogP contribution in [0.1, 0.15) is 28.8 Å². The zero-order valence-electron chi connectivity index (χ0n) is 16.4. The molecule has 0 saturated carbocycles. The number of hydrogen-bond donors (Lipinski definition) is 3. The smallest absolute Gasteiger partial charge is 0.255 e. The normalized spacial score (nSPS) is 15.6. The molecule has 0 aliphatic carbocycles. The maximum atomic E-state index is 13.1. The van der Waals surface area contributed by atoms with Gasteiger partial charge in [-0.2, -0.15) is 0 Å². The van der Waals surface area contributed by atoms with E-state index < -0.39 is 5.41 Å². The van der Waals surface area contributed by atoms with E-state index in [4.69, 9.17) is 4.74 Å². The van der Waals surface area contributed by atoms with E-state index in [1.165, 1.54) is 0 Å². The fourth-order valence-electron chi connectivity index (χ4n) is 3.56. The van der Waals surface area contributed by atoms with Crippen molar-refractivity contribution < 1.29 is 14.3 Å². The predicted molar refractivity (Wildman–Crippen MR) is 111 cm³/mol. The Morgan fingerprint density at radius 3 is 2.29 bits per heavy atom. The van der Waals surface area contributed by atoms with Crippen LogP contribution >= 0.6 is 0 Å². The van der Waals surface area contributed by atoms with Gasteiger partial charge in [-0.1, -0.05) is 24.3 Å². The Morgan fingerprint density at radius 1 is 1.00 bits per heavy atom. The fraction of sp³-hybridized carbons (Fsp3) is 0.364. The number of carbonyl (C=O) groups is 2. The Labute approximate surface area is 165 Å². The first kappa shape index (κ1) is 20.0. The van der Waals surface area contributed by atoms with Crippen molar-refractivity contribution in [1.82, 2.24) is 5.32 Å². The maximum Gasteiger partial charge on any atom is 0.255 e. The predicted octanol–water partition coefficient (Wildman–Crippen LogP) is 3.20. The molecule has 1 fully saturated rings. The molecule has 3 rings (SSSR count). The number of carbonyl (C=O) groups excluding carboxylic acids is 2. The highest BCUT2D eigenvalue weighted by molar-refractivity contribution is 6.05. The van der Waals surface area contributed by atoms with E-state index >= 15 is 0 Å². The quantitative estimate of drug-likeness (QED) is 0.718. The lowest BCUT2D eigenvalue weighted by Gasteiger charge is -2.35. The summed E-state index contributed by atoms with van der Waals surface area (Å²) in [5.41, 5.74) is 2.25. The molecule has 0 radical (unpaired) electrons. The van der Waals surface area contributed by atoms with Crippen molar-refractivity contribution in [2.75, 3.05) is 37.4 Å². The summed E-state index contributed by atoms with van der Waals surface area (Å²) in [7, 11) is 1.63. The standard InChI is InChI=1S/C22H27N3O3/c1-16-18(24-20(26)17-7-4-3-5-8-17)9-6-10-19(16)25-21(27)22(15-28-2)11-13-23-14-12-22/h3-10,23H,11-15H2,1-2H3,(H,24,26)(H,25,27). The minimum absolute atomic E-state index is 0.0366. The molecule has 2 aromatic rings. The summed E-state index contributed by atoms with van der Waals surface area (Å²) in [6.45, 7) is 3.87. The largest absolute Gasteiger partial charge is 0.384 e. The number of benzene rings is 2. The van der Waals surface area contributed by atoms with E-state index in [1.54, 1.807) is 19.2 Å². The van der Waals surface area contributed by atoms with Crippen molar-refractivity contribution in [2.45, 2.75) is 19.8 Å². The molecule has 2 amide bonds. The Kier molecular flexibility index (Phi) is 6.44. The molecule has 1 saturated heterocycles. The number of methoxy groups -OCH3 is 1. The Morgan fingerprint density at radius 2 is 1.64 bits per heavy atom. The average Bonchev–Trinajstić information content (AvgIpc) is 2.72. The van der Waals surface area contributed by atoms with Crippen LogP contribution in [0.25, 0.3) is 0 Å². The van der Waals surface area contributed by atoms with Crippen molar-refractivity contribution in [2.24, 2.45) is 5.41 Å². The molecule has 2 aromatic carbocycles. The van der Waals surface area contributed by atoms with Gasteiger partial charge in [0.2, 0.25) is 5.91 Å². The molecule has 0 bridgehead atoms. The van der Waals surface area contributed by atoms with E-state index in [2.05, 4.69) is 16.0 Å². The van der Waals surface area contributed by atoms with Gasteiger partial charge in [0.05, 0.1) is 12.0 Å². The lowest BCUT2D eigenvalue weighted by molar-refractivity contribution is -0.130. The summed E-state index contributed by atoms with van der Waals surface area (Å²) < 4.78 is 5.35. The molecular weight excluding hydrogens is 354 g/mol. The summed E-state index contributed by atoms with van der Waals surface area (Å²) >= 11 is 0. The van der Waals surface area contributed by atoms with Crippen molar-refractivity contribution in [1.29, 1.82) is 0 Å². The van der Waals surface area contributed by atoms with Crippen LogP contribution < -0.4 is 16.0 Å². The van der Waals surface area contributed by atoms with Crippen LogP contribution in [0.15, 0.2) is 48.5 Å².